The largest absolute Gasteiger partial charge is 0.375 e. The molecule has 2 N–H and O–H groups in total. The Labute approximate surface area is 167 Å². The molecule has 2 atom stereocenters. The smallest absolute Gasteiger partial charge is 0.220 e. The van der Waals surface area contributed by atoms with Crippen molar-refractivity contribution < 1.29 is 14.3 Å². The Balaban J connectivity index is 0.00000225. The van der Waals surface area contributed by atoms with Crippen LogP contribution in [0, 0.1) is 0 Å². The van der Waals surface area contributed by atoms with Crippen LogP contribution >= 0.6 is 24.0 Å². The van der Waals surface area contributed by atoms with Crippen molar-refractivity contribution in [2.24, 2.45) is 4.99 Å². The van der Waals surface area contributed by atoms with Crippen LogP contribution in [0.4, 0.5) is 0 Å². The van der Waals surface area contributed by atoms with Gasteiger partial charge in [-0.05, 0) is 32.1 Å². The molecule has 2 aliphatic heterocycles. The Bertz CT molecular complexity index is 453. The molecule has 1 aliphatic carbocycles. The average molecular weight is 466 g/mol. The van der Waals surface area contributed by atoms with Gasteiger partial charge in [-0.2, -0.15) is 0 Å². The van der Waals surface area contributed by atoms with Crippen molar-refractivity contribution in [2.75, 3.05) is 39.9 Å². The zero-order valence-electron chi connectivity index (χ0n) is 15.0. The summed E-state index contributed by atoms with van der Waals surface area (Å²) in [6.07, 6.45) is 6.22. The predicted octanol–water partition coefficient (Wildman–Crippen LogP) is 1.12. The van der Waals surface area contributed by atoms with E-state index < -0.39 is 0 Å². The lowest BCUT2D eigenvalue weighted by Crippen LogP contribution is -2.53. The van der Waals surface area contributed by atoms with Gasteiger partial charge in [0.05, 0.1) is 12.7 Å². The van der Waals surface area contributed by atoms with Gasteiger partial charge >= 0.3 is 0 Å². The van der Waals surface area contributed by atoms with Crippen LogP contribution in [0.3, 0.4) is 0 Å². The third kappa shape index (κ3) is 6.56. The monoisotopic (exact) mass is 466 g/mol. The Morgan fingerprint density at radius 3 is 2.68 bits per heavy atom. The number of halogens is 1. The second-order valence-corrected chi connectivity index (χ2v) is 6.83. The van der Waals surface area contributed by atoms with E-state index in [2.05, 4.69) is 20.5 Å². The van der Waals surface area contributed by atoms with E-state index in [1.54, 1.807) is 7.05 Å². The van der Waals surface area contributed by atoms with Gasteiger partial charge in [0.2, 0.25) is 5.91 Å². The minimum Gasteiger partial charge on any atom is -0.375 e. The number of carbonyl (C=O) groups is 1. The molecule has 0 radical (unpaired) electrons. The lowest BCUT2D eigenvalue weighted by atomic mass is 10.1. The molecule has 7 nitrogen and oxygen atoms in total. The molecule has 1 saturated carbocycles. The molecule has 2 unspecified atom stereocenters. The second kappa shape index (κ2) is 10.5. The lowest BCUT2D eigenvalue weighted by molar-refractivity contribution is -0.121. The number of aliphatic imine (C=N–C) groups is 1. The molecule has 2 saturated heterocycles. The van der Waals surface area contributed by atoms with Crippen LogP contribution in [0.1, 0.15) is 38.5 Å². The van der Waals surface area contributed by atoms with Gasteiger partial charge in [-0.3, -0.25) is 9.79 Å². The van der Waals surface area contributed by atoms with Crippen molar-refractivity contribution in [3.8, 4) is 0 Å². The first-order chi connectivity index (χ1) is 11.8. The summed E-state index contributed by atoms with van der Waals surface area (Å²) in [5, 5.41) is 6.39. The summed E-state index contributed by atoms with van der Waals surface area (Å²) in [5.74, 6) is 1.06. The number of carbonyl (C=O) groups excluding carboxylic acids is 1. The number of rotatable bonds is 6. The van der Waals surface area contributed by atoms with Crippen LogP contribution in [-0.4, -0.2) is 74.9 Å². The fourth-order valence-corrected chi connectivity index (χ4v) is 3.30. The van der Waals surface area contributed by atoms with E-state index in [9.17, 15) is 4.79 Å². The lowest BCUT2D eigenvalue weighted by Gasteiger charge is -2.37. The summed E-state index contributed by atoms with van der Waals surface area (Å²) >= 11 is 0. The Morgan fingerprint density at radius 2 is 2.00 bits per heavy atom. The van der Waals surface area contributed by atoms with Crippen LogP contribution < -0.4 is 10.6 Å². The topological polar surface area (TPSA) is 75.2 Å². The van der Waals surface area contributed by atoms with Crippen LogP contribution in [-0.2, 0) is 14.3 Å². The van der Waals surface area contributed by atoms with Gasteiger partial charge in [-0.15, -0.1) is 24.0 Å². The Kier molecular flexibility index (Phi) is 8.71. The number of nitrogens with one attached hydrogen (secondary N) is 2. The van der Waals surface area contributed by atoms with Gasteiger partial charge in [0.25, 0.3) is 0 Å². The molecule has 3 aliphatic rings. The molecule has 2 heterocycles. The minimum atomic E-state index is 0. The van der Waals surface area contributed by atoms with E-state index >= 15 is 0 Å². The summed E-state index contributed by atoms with van der Waals surface area (Å²) in [6, 6.07) is 0.446. The van der Waals surface area contributed by atoms with E-state index in [0.717, 1.165) is 64.3 Å². The van der Waals surface area contributed by atoms with E-state index in [-0.39, 0.29) is 42.1 Å². The van der Waals surface area contributed by atoms with Gasteiger partial charge in [0.1, 0.15) is 6.10 Å². The molecular formula is C17H31IN4O3. The normalized spacial score (nSPS) is 26.9. The van der Waals surface area contributed by atoms with Crippen LogP contribution in [0.15, 0.2) is 4.99 Å². The van der Waals surface area contributed by atoms with Gasteiger partial charge < -0.3 is 25.0 Å². The maximum atomic E-state index is 11.7. The molecule has 8 heteroatoms. The molecule has 0 spiro atoms. The van der Waals surface area contributed by atoms with E-state index in [1.165, 1.54) is 0 Å². The summed E-state index contributed by atoms with van der Waals surface area (Å²) in [5.41, 5.74) is 0. The van der Waals surface area contributed by atoms with Gasteiger partial charge in [-0.1, -0.05) is 0 Å². The first kappa shape index (κ1) is 20.7. The minimum absolute atomic E-state index is 0. The van der Waals surface area contributed by atoms with Crippen molar-refractivity contribution in [1.29, 1.82) is 0 Å². The molecule has 144 valence electrons. The fourth-order valence-electron chi connectivity index (χ4n) is 3.30. The zero-order chi connectivity index (χ0) is 16.8. The molecular weight excluding hydrogens is 435 g/mol. The molecule has 25 heavy (non-hydrogen) atoms. The van der Waals surface area contributed by atoms with Crippen molar-refractivity contribution in [3.05, 3.63) is 0 Å². The third-order valence-corrected chi connectivity index (χ3v) is 4.79. The Morgan fingerprint density at radius 1 is 1.20 bits per heavy atom. The number of guanidine groups is 1. The Hall–Kier alpha value is -0.610. The maximum absolute atomic E-state index is 11.7. The highest BCUT2D eigenvalue weighted by molar-refractivity contribution is 14.0. The highest BCUT2D eigenvalue weighted by atomic mass is 127. The molecule has 1 amide bonds. The van der Waals surface area contributed by atoms with Gasteiger partial charge in [-0.25, -0.2) is 0 Å². The van der Waals surface area contributed by atoms with E-state index in [1.807, 2.05) is 0 Å². The van der Waals surface area contributed by atoms with Crippen molar-refractivity contribution in [2.45, 2.75) is 56.8 Å². The van der Waals surface area contributed by atoms with E-state index in [4.69, 9.17) is 9.47 Å². The standard InChI is InChI=1S/C17H30N4O3.HI/c1-18-17(19-8-2-5-16(22)20-13-6-7-13)21-9-11-24-15(12-21)14-4-3-10-23-14;/h13-15H,2-12H2,1H3,(H,18,19)(H,20,22);1H. The van der Waals surface area contributed by atoms with Crippen LogP contribution in [0.25, 0.3) is 0 Å². The second-order valence-electron chi connectivity index (χ2n) is 6.83. The summed E-state index contributed by atoms with van der Waals surface area (Å²) in [4.78, 5) is 18.3. The SMILES string of the molecule is CN=C(NCCCC(=O)NC1CC1)N1CCOC(C2CCCO2)C1.I. The highest BCUT2D eigenvalue weighted by Crippen LogP contribution is 2.21. The molecule has 0 aromatic carbocycles. The van der Waals surface area contributed by atoms with Crippen LogP contribution in [0.5, 0.6) is 0 Å². The molecule has 3 fully saturated rings. The zero-order valence-corrected chi connectivity index (χ0v) is 17.4. The summed E-state index contributed by atoms with van der Waals surface area (Å²) in [7, 11) is 1.80. The number of morpholine rings is 1. The number of nitrogens with zero attached hydrogens (tertiary/aromatic N) is 2. The molecule has 0 aromatic heterocycles. The molecule has 0 aromatic rings. The summed E-state index contributed by atoms with van der Waals surface area (Å²) in [6.45, 7) is 3.96. The van der Waals surface area contributed by atoms with Crippen LogP contribution in [0.2, 0.25) is 0 Å². The average Bonchev–Trinajstić information content (AvgIpc) is 3.24. The number of ether oxygens (including phenoxy) is 2. The molecule has 0 bridgehead atoms. The van der Waals surface area contributed by atoms with Crippen molar-refractivity contribution in [3.63, 3.8) is 0 Å². The van der Waals surface area contributed by atoms with Gasteiger partial charge in [0.15, 0.2) is 5.96 Å². The first-order valence-electron chi connectivity index (χ1n) is 9.24. The van der Waals surface area contributed by atoms with Crippen molar-refractivity contribution >= 4 is 35.8 Å². The summed E-state index contributed by atoms with van der Waals surface area (Å²) < 4.78 is 11.6. The highest BCUT2D eigenvalue weighted by Gasteiger charge is 2.32. The van der Waals surface area contributed by atoms with E-state index in [0.29, 0.717) is 19.1 Å². The van der Waals surface area contributed by atoms with Gasteiger partial charge in [0, 0.05) is 45.8 Å². The number of hydrogen-bond acceptors (Lipinski definition) is 4. The maximum Gasteiger partial charge on any atom is 0.220 e. The molecule has 3 rings (SSSR count). The fraction of sp³-hybridized carbons (Fsp3) is 0.882. The number of amides is 1. The third-order valence-electron chi connectivity index (χ3n) is 4.79. The quantitative estimate of drug-likeness (QED) is 0.266. The van der Waals surface area contributed by atoms with Crippen molar-refractivity contribution in [1.82, 2.24) is 15.5 Å². The number of hydrogen-bond donors (Lipinski definition) is 2. The predicted molar refractivity (Wildman–Crippen MR) is 107 cm³/mol. The first-order valence-corrected chi connectivity index (χ1v) is 9.24.